The fraction of sp³-hybridized carbons (Fsp3) is 0.172. The van der Waals surface area contributed by atoms with E-state index in [2.05, 4.69) is 0 Å². The molecule has 0 saturated carbocycles. The van der Waals surface area contributed by atoms with Gasteiger partial charge in [0.15, 0.2) is 0 Å². The highest BCUT2D eigenvalue weighted by molar-refractivity contribution is 7.87. The van der Waals surface area contributed by atoms with E-state index in [1.165, 1.54) is 50.2 Å². The molecule has 228 valence electrons. The lowest BCUT2D eigenvalue weighted by Gasteiger charge is -2.38. The maximum atomic E-state index is 14.5. The molecular formula is C29H22F6O6S2. The van der Waals surface area contributed by atoms with E-state index >= 15 is 0 Å². The topological polar surface area (TPSA) is 86.7 Å². The second-order valence-corrected chi connectivity index (χ2v) is 12.4. The van der Waals surface area contributed by atoms with Crippen LogP contribution in [0.4, 0.5) is 26.3 Å². The molecule has 0 heterocycles. The third-order valence-electron chi connectivity index (χ3n) is 6.56. The van der Waals surface area contributed by atoms with Gasteiger partial charge in [0, 0.05) is 0 Å². The van der Waals surface area contributed by atoms with Crippen molar-refractivity contribution in [3.05, 3.63) is 119 Å². The summed E-state index contributed by atoms with van der Waals surface area (Å²) in [5.74, 6) is -1.04. The molecule has 14 heteroatoms. The molecule has 0 bridgehead atoms. The molecule has 0 fully saturated rings. The van der Waals surface area contributed by atoms with Crippen molar-refractivity contribution in [1.82, 2.24) is 0 Å². The number of rotatable bonds is 8. The smallest absolute Gasteiger partial charge is 0.379 e. The van der Waals surface area contributed by atoms with Crippen molar-refractivity contribution < 1.29 is 51.5 Å². The van der Waals surface area contributed by atoms with Gasteiger partial charge >= 0.3 is 32.6 Å². The summed E-state index contributed by atoms with van der Waals surface area (Å²) in [7, 11) is -8.90. The van der Waals surface area contributed by atoms with Crippen LogP contribution in [0.15, 0.2) is 107 Å². The summed E-state index contributed by atoms with van der Waals surface area (Å²) < 4.78 is 148. The maximum absolute atomic E-state index is 14.5. The zero-order valence-corrected chi connectivity index (χ0v) is 23.9. The average Bonchev–Trinajstić information content (AvgIpc) is 2.89. The van der Waals surface area contributed by atoms with Crippen molar-refractivity contribution in [2.24, 2.45) is 0 Å². The number of hydrogen-bond donors (Lipinski definition) is 0. The third kappa shape index (κ3) is 6.07. The highest BCUT2D eigenvalue weighted by atomic mass is 32.2. The van der Waals surface area contributed by atoms with E-state index in [4.69, 9.17) is 8.37 Å². The number of halogens is 6. The summed E-state index contributed by atoms with van der Waals surface area (Å²) >= 11 is 0. The first-order valence-corrected chi connectivity index (χ1v) is 15.1. The van der Waals surface area contributed by atoms with Gasteiger partial charge in [-0.1, -0.05) is 60.7 Å². The molecule has 0 aliphatic heterocycles. The highest BCUT2D eigenvalue weighted by Gasteiger charge is 2.72. The Balaban J connectivity index is 1.74. The molecule has 0 unspecified atom stereocenters. The molecule has 0 aliphatic rings. The summed E-state index contributed by atoms with van der Waals surface area (Å²) in [6, 6.07) is 16.0. The fourth-order valence-corrected chi connectivity index (χ4v) is 6.84. The zero-order valence-electron chi connectivity index (χ0n) is 22.3. The molecule has 0 saturated heterocycles. The van der Waals surface area contributed by atoms with E-state index < -0.39 is 60.6 Å². The summed E-state index contributed by atoms with van der Waals surface area (Å²) in [5, 5.41) is 0. The Labute approximate surface area is 243 Å². The molecular weight excluding hydrogens is 622 g/mol. The standard InChI is InChI=1S/C29H22F6O6S2/c1-19-7-3-5-9-25(19)42(36,37)40-23-15-11-21(12-16-23)27(28(30,31)32,29(33,34)35)22-13-17-24(18-14-22)41-43(38,39)26-10-6-4-8-20(26)2/h3-18H,1-2H3. The van der Waals surface area contributed by atoms with Gasteiger partial charge in [-0.3, -0.25) is 0 Å². The minimum absolute atomic E-state index is 0.231. The van der Waals surface area contributed by atoms with Crippen molar-refractivity contribution in [1.29, 1.82) is 0 Å². The Morgan fingerprint density at radius 2 is 0.791 bits per heavy atom. The molecule has 4 aromatic rings. The van der Waals surface area contributed by atoms with E-state index in [0.29, 0.717) is 59.7 Å². The maximum Gasteiger partial charge on any atom is 0.411 e. The van der Waals surface area contributed by atoms with Gasteiger partial charge in [-0.2, -0.15) is 43.2 Å². The molecule has 43 heavy (non-hydrogen) atoms. The number of alkyl halides is 6. The molecule has 0 amide bonds. The molecule has 4 rings (SSSR count). The van der Waals surface area contributed by atoms with Gasteiger partial charge in [-0.05, 0) is 72.5 Å². The molecule has 4 aromatic carbocycles. The lowest BCUT2D eigenvalue weighted by atomic mass is 9.73. The van der Waals surface area contributed by atoms with Crippen LogP contribution in [0.5, 0.6) is 11.5 Å². The quantitative estimate of drug-likeness (QED) is 0.148. The van der Waals surface area contributed by atoms with Gasteiger partial charge in [0.05, 0.1) is 0 Å². The molecule has 0 aromatic heterocycles. The summed E-state index contributed by atoms with van der Waals surface area (Å²) in [4.78, 5) is -0.462. The second-order valence-electron chi connectivity index (χ2n) is 9.40. The van der Waals surface area contributed by atoms with Gasteiger partial charge in [0.2, 0.25) is 5.41 Å². The SMILES string of the molecule is Cc1ccccc1S(=O)(=O)Oc1ccc(C(c2ccc(OS(=O)(=O)c3ccccc3C)cc2)(C(F)(F)F)C(F)(F)F)cc1. The van der Waals surface area contributed by atoms with Crippen LogP contribution in [-0.4, -0.2) is 29.2 Å². The fourth-order valence-electron chi connectivity index (χ4n) is 4.52. The minimum Gasteiger partial charge on any atom is -0.379 e. The van der Waals surface area contributed by atoms with Gasteiger partial charge in [0.1, 0.15) is 21.3 Å². The predicted molar refractivity (Wildman–Crippen MR) is 144 cm³/mol. The number of aryl methyl sites for hydroxylation is 2. The van der Waals surface area contributed by atoms with Gasteiger partial charge < -0.3 is 8.37 Å². The highest BCUT2D eigenvalue weighted by Crippen LogP contribution is 2.56. The van der Waals surface area contributed by atoms with Gasteiger partial charge in [0.25, 0.3) is 0 Å². The summed E-state index contributed by atoms with van der Waals surface area (Å²) in [5.41, 5.74) is -6.53. The van der Waals surface area contributed by atoms with Crippen LogP contribution in [0, 0.1) is 13.8 Å². The minimum atomic E-state index is -5.95. The Morgan fingerprint density at radius 1 is 0.488 bits per heavy atom. The summed E-state index contributed by atoms with van der Waals surface area (Å²) in [6.07, 6.45) is -11.9. The first kappa shape index (κ1) is 31.9. The predicted octanol–water partition coefficient (Wildman–Crippen LogP) is 7.25. The Bertz CT molecular complexity index is 1700. The second kappa shape index (κ2) is 11.2. The van der Waals surface area contributed by atoms with Crippen molar-refractivity contribution in [3.63, 3.8) is 0 Å². The summed E-state index contributed by atoms with van der Waals surface area (Å²) in [6.45, 7) is 2.96. The Hall–Kier alpha value is -4.04. The average molecular weight is 645 g/mol. The molecule has 6 nitrogen and oxygen atoms in total. The molecule has 0 atom stereocenters. The van der Waals surface area contributed by atoms with Crippen molar-refractivity contribution >= 4 is 20.2 Å². The normalized spacial score (nSPS) is 13.0. The Kier molecular flexibility index (Phi) is 8.33. The third-order valence-corrected chi connectivity index (χ3v) is 9.38. The lowest BCUT2D eigenvalue weighted by molar-refractivity contribution is -0.288. The first-order chi connectivity index (χ1) is 19.9. The number of hydrogen-bond acceptors (Lipinski definition) is 6. The van der Waals surface area contributed by atoms with Gasteiger partial charge in [-0.15, -0.1) is 0 Å². The molecule has 0 radical (unpaired) electrons. The van der Waals surface area contributed by atoms with Crippen LogP contribution < -0.4 is 8.37 Å². The van der Waals surface area contributed by atoms with E-state index in [9.17, 15) is 43.2 Å². The van der Waals surface area contributed by atoms with Crippen LogP contribution in [0.25, 0.3) is 0 Å². The Morgan fingerprint density at radius 3 is 1.07 bits per heavy atom. The van der Waals surface area contributed by atoms with Crippen LogP contribution >= 0.6 is 0 Å². The van der Waals surface area contributed by atoms with Crippen molar-refractivity contribution in [2.75, 3.05) is 0 Å². The van der Waals surface area contributed by atoms with Gasteiger partial charge in [-0.25, -0.2) is 0 Å². The molecule has 0 N–H and O–H groups in total. The number of benzene rings is 4. The van der Waals surface area contributed by atoms with Crippen molar-refractivity contribution in [3.8, 4) is 11.5 Å². The van der Waals surface area contributed by atoms with E-state index in [1.807, 2.05) is 0 Å². The van der Waals surface area contributed by atoms with Crippen molar-refractivity contribution in [2.45, 2.75) is 41.4 Å². The van der Waals surface area contributed by atoms with E-state index in [-0.39, 0.29) is 9.79 Å². The van der Waals surface area contributed by atoms with Crippen LogP contribution in [0.1, 0.15) is 22.3 Å². The van der Waals surface area contributed by atoms with Crippen LogP contribution in [-0.2, 0) is 25.7 Å². The van der Waals surface area contributed by atoms with Crippen LogP contribution in [0.3, 0.4) is 0 Å². The zero-order chi connectivity index (χ0) is 31.8. The first-order valence-electron chi connectivity index (χ1n) is 12.2. The molecule has 0 aliphatic carbocycles. The molecule has 0 spiro atoms. The van der Waals surface area contributed by atoms with E-state index in [1.54, 1.807) is 12.1 Å². The monoisotopic (exact) mass is 644 g/mol. The van der Waals surface area contributed by atoms with Crippen LogP contribution in [0.2, 0.25) is 0 Å². The van der Waals surface area contributed by atoms with E-state index in [0.717, 1.165) is 0 Å². The lowest BCUT2D eigenvalue weighted by Crippen LogP contribution is -2.54. The largest absolute Gasteiger partial charge is 0.411 e.